The summed E-state index contributed by atoms with van der Waals surface area (Å²) in [5.74, 6) is 0.996. The lowest BCUT2D eigenvalue weighted by Crippen LogP contribution is -2.37. The van der Waals surface area contributed by atoms with Crippen LogP contribution in [0.5, 0.6) is 0 Å². The van der Waals surface area contributed by atoms with Gasteiger partial charge in [0, 0.05) is 24.6 Å². The zero-order valence-corrected chi connectivity index (χ0v) is 10.7. The molecular formula is C14H27NO. The van der Waals surface area contributed by atoms with Crippen LogP contribution in [0.2, 0.25) is 0 Å². The van der Waals surface area contributed by atoms with Gasteiger partial charge < -0.3 is 10.4 Å². The molecule has 0 radical (unpaired) electrons. The number of aliphatic hydroxyl groups excluding tert-OH is 1. The maximum Gasteiger partial charge on any atom is 0.0499 e. The van der Waals surface area contributed by atoms with Crippen molar-refractivity contribution in [2.75, 3.05) is 13.2 Å². The van der Waals surface area contributed by atoms with E-state index in [1.165, 1.54) is 51.4 Å². The molecule has 0 saturated heterocycles. The van der Waals surface area contributed by atoms with E-state index in [4.69, 9.17) is 0 Å². The minimum absolute atomic E-state index is 0.278. The Morgan fingerprint density at radius 3 is 2.38 bits per heavy atom. The smallest absolute Gasteiger partial charge is 0.0499 e. The van der Waals surface area contributed by atoms with Crippen molar-refractivity contribution in [3.63, 3.8) is 0 Å². The molecule has 0 bridgehead atoms. The summed E-state index contributed by atoms with van der Waals surface area (Å²) in [6.07, 6.45) is 10.8. The molecule has 94 valence electrons. The summed E-state index contributed by atoms with van der Waals surface area (Å²) in [7, 11) is 0. The Balaban J connectivity index is 1.62. The maximum atomic E-state index is 9.26. The van der Waals surface area contributed by atoms with Crippen molar-refractivity contribution in [3.05, 3.63) is 0 Å². The van der Waals surface area contributed by atoms with E-state index < -0.39 is 0 Å². The lowest BCUT2D eigenvalue weighted by Gasteiger charge is -2.30. The van der Waals surface area contributed by atoms with Crippen LogP contribution in [0.15, 0.2) is 0 Å². The molecule has 0 aromatic heterocycles. The van der Waals surface area contributed by atoms with Crippen molar-refractivity contribution in [2.24, 2.45) is 11.3 Å². The highest BCUT2D eigenvalue weighted by Crippen LogP contribution is 2.44. The van der Waals surface area contributed by atoms with Crippen molar-refractivity contribution in [3.8, 4) is 0 Å². The second-order valence-corrected chi connectivity index (χ2v) is 6.05. The van der Waals surface area contributed by atoms with Crippen molar-refractivity contribution >= 4 is 0 Å². The summed E-state index contributed by atoms with van der Waals surface area (Å²) in [5, 5.41) is 12.9. The van der Waals surface area contributed by atoms with Gasteiger partial charge in [-0.15, -0.1) is 0 Å². The summed E-state index contributed by atoms with van der Waals surface area (Å²) >= 11 is 0. The van der Waals surface area contributed by atoms with E-state index in [1.54, 1.807) is 0 Å². The van der Waals surface area contributed by atoms with Gasteiger partial charge in [0.05, 0.1) is 0 Å². The van der Waals surface area contributed by atoms with E-state index in [1.807, 2.05) is 0 Å². The second-order valence-electron chi connectivity index (χ2n) is 6.05. The SMILES string of the molecule is CCCC1CCC(NCC2(CO)CC2)CC1. The minimum atomic E-state index is 0.278. The van der Waals surface area contributed by atoms with E-state index in [-0.39, 0.29) is 5.41 Å². The molecule has 16 heavy (non-hydrogen) atoms. The average molecular weight is 225 g/mol. The van der Waals surface area contributed by atoms with Gasteiger partial charge in [-0.2, -0.15) is 0 Å². The van der Waals surface area contributed by atoms with E-state index in [9.17, 15) is 5.11 Å². The Kier molecular flexibility index (Phi) is 4.26. The first-order chi connectivity index (χ1) is 7.78. The van der Waals surface area contributed by atoms with Gasteiger partial charge in [-0.25, -0.2) is 0 Å². The summed E-state index contributed by atoms with van der Waals surface area (Å²) in [5.41, 5.74) is 0.278. The highest BCUT2D eigenvalue weighted by Gasteiger charge is 2.42. The van der Waals surface area contributed by atoms with Gasteiger partial charge in [0.15, 0.2) is 0 Å². The molecule has 2 N–H and O–H groups in total. The molecule has 0 atom stereocenters. The molecule has 0 aromatic rings. The van der Waals surface area contributed by atoms with Crippen LogP contribution in [-0.2, 0) is 0 Å². The normalized spacial score (nSPS) is 32.6. The standard InChI is InChI=1S/C14H27NO/c1-2-3-12-4-6-13(7-5-12)15-10-14(11-16)8-9-14/h12-13,15-16H,2-11H2,1H3. The number of hydrogen-bond acceptors (Lipinski definition) is 2. The molecule has 0 spiro atoms. The number of hydrogen-bond donors (Lipinski definition) is 2. The van der Waals surface area contributed by atoms with Gasteiger partial charge in [-0.3, -0.25) is 0 Å². The minimum Gasteiger partial charge on any atom is -0.396 e. The summed E-state index contributed by atoms with van der Waals surface area (Å²) < 4.78 is 0. The third-order valence-electron chi connectivity index (χ3n) is 4.60. The first-order valence-corrected chi connectivity index (χ1v) is 7.12. The predicted molar refractivity (Wildman–Crippen MR) is 67.4 cm³/mol. The van der Waals surface area contributed by atoms with Gasteiger partial charge in [0.1, 0.15) is 0 Å². The topological polar surface area (TPSA) is 32.3 Å². The van der Waals surface area contributed by atoms with Crippen LogP contribution in [0.1, 0.15) is 58.3 Å². The van der Waals surface area contributed by atoms with E-state index in [0.717, 1.165) is 18.5 Å². The third kappa shape index (κ3) is 3.21. The molecule has 2 saturated carbocycles. The highest BCUT2D eigenvalue weighted by molar-refractivity contribution is 4.95. The van der Waals surface area contributed by atoms with Crippen molar-refractivity contribution in [1.29, 1.82) is 0 Å². The molecule has 2 fully saturated rings. The molecule has 0 amide bonds. The van der Waals surface area contributed by atoms with Crippen LogP contribution >= 0.6 is 0 Å². The summed E-state index contributed by atoms with van der Waals surface area (Å²) in [6, 6.07) is 0.733. The largest absolute Gasteiger partial charge is 0.396 e. The lowest BCUT2D eigenvalue weighted by atomic mass is 9.83. The van der Waals surface area contributed by atoms with Gasteiger partial charge in [0.25, 0.3) is 0 Å². The Hall–Kier alpha value is -0.0800. The van der Waals surface area contributed by atoms with Gasteiger partial charge in [-0.05, 0) is 44.4 Å². The predicted octanol–water partition coefficient (Wildman–Crippen LogP) is 2.71. The number of rotatable bonds is 6. The fraction of sp³-hybridized carbons (Fsp3) is 1.00. The zero-order chi connectivity index (χ0) is 11.4. The molecule has 0 unspecified atom stereocenters. The Morgan fingerprint density at radius 1 is 1.19 bits per heavy atom. The molecule has 2 nitrogen and oxygen atoms in total. The molecule has 2 heteroatoms. The van der Waals surface area contributed by atoms with Crippen molar-refractivity contribution in [2.45, 2.75) is 64.3 Å². The molecule has 2 aliphatic carbocycles. The van der Waals surface area contributed by atoms with Crippen LogP contribution in [0.25, 0.3) is 0 Å². The first-order valence-electron chi connectivity index (χ1n) is 7.12. The summed E-state index contributed by atoms with van der Waals surface area (Å²) in [4.78, 5) is 0. The quantitative estimate of drug-likeness (QED) is 0.728. The van der Waals surface area contributed by atoms with Gasteiger partial charge >= 0.3 is 0 Å². The summed E-state index contributed by atoms with van der Waals surface area (Å²) in [6.45, 7) is 3.72. The third-order valence-corrected chi connectivity index (χ3v) is 4.60. The van der Waals surface area contributed by atoms with Crippen molar-refractivity contribution < 1.29 is 5.11 Å². The molecule has 0 heterocycles. The zero-order valence-electron chi connectivity index (χ0n) is 10.7. The Morgan fingerprint density at radius 2 is 1.88 bits per heavy atom. The fourth-order valence-electron chi connectivity index (χ4n) is 2.99. The molecule has 0 aliphatic heterocycles. The highest BCUT2D eigenvalue weighted by atomic mass is 16.3. The molecular weight excluding hydrogens is 198 g/mol. The molecule has 2 aliphatic rings. The maximum absolute atomic E-state index is 9.26. The van der Waals surface area contributed by atoms with Crippen molar-refractivity contribution in [1.82, 2.24) is 5.32 Å². The van der Waals surface area contributed by atoms with Crippen LogP contribution in [0, 0.1) is 11.3 Å². The lowest BCUT2D eigenvalue weighted by molar-refractivity contribution is 0.194. The molecule has 0 aromatic carbocycles. The number of aliphatic hydroxyl groups is 1. The average Bonchev–Trinajstić information content (AvgIpc) is 3.09. The Labute approximate surface area is 99.8 Å². The van der Waals surface area contributed by atoms with E-state index >= 15 is 0 Å². The van der Waals surface area contributed by atoms with Gasteiger partial charge in [-0.1, -0.05) is 19.8 Å². The van der Waals surface area contributed by atoms with Crippen LogP contribution in [-0.4, -0.2) is 24.3 Å². The van der Waals surface area contributed by atoms with Gasteiger partial charge in [0.2, 0.25) is 0 Å². The first kappa shape index (κ1) is 12.4. The Bertz CT molecular complexity index is 205. The second kappa shape index (κ2) is 5.50. The van der Waals surface area contributed by atoms with Crippen LogP contribution in [0.4, 0.5) is 0 Å². The number of nitrogens with one attached hydrogen (secondary N) is 1. The monoisotopic (exact) mass is 225 g/mol. The van der Waals surface area contributed by atoms with Crippen LogP contribution in [0.3, 0.4) is 0 Å². The molecule has 2 rings (SSSR count). The van der Waals surface area contributed by atoms with E-state index in [0.29, 0.717) is 6.61 Å². The fourth-order valence-corrected chi connectivity index (χ4v) is 2.99. The van der Waals surface area contributed by atoms with E-state index in [2.05, 4.69) is 12.2 Å². The van der Waals surface area contributed by atoms with Crippen LogP contribution < -0.4 is 5.32 Å².